The van der Waals surface area contributed by atoms with Crippen LogP contribution < -0.4 is 10.1 Å². The van der Waals surface area contributed by atoms with Crippen LogP contribution in [0.1, 0.15) is 25.6 Å². The summed E-state index contributed by atoms with van der Waals surface area (Å²) in [6, 6.07) is 9.25. The van der Waals surface area contributed by atoms with E-state index in [-0.39, 0.29) is 24.3 Å². The second kappa shape index (κ2) is 8.28. The number of nitrogens with zero attached hydrogens (tertiary/aromatic N) is 2. The van der Waals surface area contributed by atoms with E-state index >= 15 is 0 Å². The molecule has 0 radical (unpaired) electrons. The molecule has 7 heteroatoms. The number of para-hydroxylation sites is 1. The minimum Gasteiger partial charge on any atom is -0.480 e. The van der Waals surface area contributed by atoms with E-state index in [2.05, 4.69) is 15.5 Å². The molecule has 0 bridgehead atoms. The highest BCUT2D eigenvalue weighted by Crippen LogP contribution is 2.15. The number of ether oxygens (including phenoxy) is 1. The van der Waals surface area contributed by atoms with Gasteiger partial charge in [-0.1, -0.05) is 37.2 Å². The summed E-state index contributed by atoms with van der Waals surface area (Å²) in [5.41, 5.74) is 0. The van der Waals surface area contributed by atoms with Crippen molar-refractivity contribution in [3.05, 3.63) is 42.0 Å². The quantitative estimate of drug-likeness (QED) is 0.761. The molecule has 1 aromatic carbocycles. The summed E-state index contributed by atoms with van der Waals surface area (Å²) in [6.07, 6.45) is -0.151. The second-order valence-electron chi connectivity index (χ2n) is 5.40. The van der Waals surface area contributed by atoms with E-state index in [0.717, 1.165) is 0 Å². The van der Waals surface area contributed by atoms with E-state index < -0.39 is 6.10 Å². The lowest BCUT2D eigenvalue weighted by Crippen LogP contribution is -2.42. The van der Waals surface area contributed by atoms with Crippen molar-refractivity contribution < 1.29 is 19.2 Å². The van der Waals surface area contributed by atoms with Crippen LogP contribution in [0.15, 0.2) is 34.9 Å². The monoisotopic (exact) mass is 319 g/mol. The normalized spacial score (nSPS) is 12.2. The molecule has 0 spiro atoms. The van der Waals surface area contributed by atoms with Gasteiger partial charge in [0.25, 0.3) is 11.8 Å². The predicted octanol–water partition coefficient (Wildman–Crippen LogP) is 1.32. The summed E-state index contributed by atoms with van der Waals surface area (Å²) in [7, 11) is 0. The fraction of sp³-hybridized carbons (Fsp3) is 0.438. The van der Waals surface area contributed by atoms with E-state index in [1.165, 1.54) is 0 Å². The molecule has 1 heterocycles. The van der Waals surface area contributed by atoms with Crippen molar-refractivity contribution in [3.63, 3.8) is 0 Å². The Morgan fingerprint density at radius 3 is 2.70 bits per heavy atom. The number of benzene rings is 1. The molecule has 0 aliphatic rings. The van der Waals surface area contributed by atoms with Crippen molar-refractivity contribution in [1.82, 2.24) is 15.5 Å². The lowest BCUT2D eigenvalue weighted by Gasteiger charge is -2.21. The van der Waals surface area contributed by atoms with Gasteiger partial charge in [0.1, 0.15) is 12.4 Å². The minimum absolute atomic E-state index is 0.0290. The number of carbonyl (C=O) groups excluding carboxylic acids is 1. The van der Waals surface area contributed by atoms with Crippen molar-refractivity contribution in [2.24, 2.45) is 5.92 Å². The van der Waals surface area contributed by atoms with Gasteiger partial charge >= 0.3 is 0 Å². The van der Waals surface area contributed by atoms with Gasteiger partial charge in [-0.15, -0.1) is 0 Å². The van der Waals surface area contributed by atoms with Gasteiger partial charge in [0.05, 0.1) is 0 Å². The van der Waals surface area contributed by atoms with Crippen LogP contribution in [-0.4, -0.2) is 33.8 Å². The lowest BCUT2D eigenvalue weighted by molar-refractivity contribution is -0.129. The van der Waals surface area contributed by atoms with Gasteiger partial charge in [-0.05, 0) is 18.1 Å². The van der Waals surface area contributed by atoms with E-state index in [1.807, 2.05) is 44.2 Å². The number of carbonyl (C=O) groups is 1. The van der Waals surface area contributed by atoms with E-state index in [0.29, 0.717) is 24.5 Å². The first kappa shape index (κ1) is 17.0. The summed E-state index contributed by atoms with van der Waals surface area (Å²) in [6.45, 7) is 3.93. The van der Waals surface area contributed by atoms with Crippen LogP contribution in [0.2, 0.25) is 0 Å². The smallest absolute Gasteiger partial charge is 0.261 e. The highest BCUT2D eigenvalue weighted by Gasteiger charge is 2.24. The highest BCUT2D eigenvalue weighted by atomic mass is 16.5. The van der Waals surface area contributed by atoms with E-state index in [1.54, 1.807) is 0 Å². The third kappa shape index (κ3) is 5.07. The molecule has 0 fully saturated rings. The number of hydrogen-bond donors (Lipinski definition) is 2. The van der Waals surface area contributed by atoms with Crippen molar-refractivity contribution in [3.8, 4) is 5.75 Å². The molecule has 1 amide bonds. The van der Waals surface area contributed by atoms with Crippen molar-refractivity contribution in [2.45, 2.75) is 33.0 Å². The summed E-state index contributed by atoms with van der Waals surface area (Å²) in [5.74, 6) is 1.11. The Morgan fingerprint density at radius 2 is 2.09 bits per heavy atom. The van der Waals surface area contributed by atoms with Crippen LogP contribution in [0.25, 0.3) is 0 Å². The summed E-state index contributed by atoms with van der Waals surface area (Å²) >= 11 is 0. The molecule has 2 N–H and O–H groups in total. The van der Waals surface area contributed by atoms with Gasteiger partial charge in [0, 0.05) is 13.0 Å². The average molecular weight is 319 g/mol. The first-order valence-corrected chi connectivity index (χ1v) is 7.52. The Bertz CT molecular complexity index is 613. The van der Waals surface area contributed by atoms with Crippen LogP contribution in [0, 0.1) is 5.92 Å². The zero-order chi connectivity index (χ0) is 16.7. The number of rotatable bonds is 8. The average Bonchev–Trinajstić information content (AvgIpc) is 3.01. The number of aliphatic hydroxyl groups is 1. The SMILES string of the molecule is CC(C)C(Oc1ccccc1)C(=O)NCCc1noc(CO)n1. The number of nitrogens with one attached hydrogen (secondary N) is 1. The lowest BCUT2D eigenvalue weighted by atomic mass is 10.1. The van der Waals surface area contributed by atoms with Gasteiger partial charge in [0.2, 0.25) is 0 Å². The molecule has 2 aromatic rings. The van der Waals surface area contributed by atoms with Crippen LogP contribution in [-0.2, 0) is 17.8 Å². The molecular formula is C16H21N3O4. The molecular weight excluding hydrogens is 298 g/mol. The Hall–Kier alpha value is -2.41. The zero-order valence-corrected chi connectivity index (χ0v) is 13.2. The van der Waals surface area contributed by atoms with Gasteiger partial charge < -0.3 is 19.7 Å². The maximum Gasteiger partial charge on any atom is 0.261 e. The molecule has 1 unspecified atom stereocenters. The Kier molecular flexibility index (Phi) is 6.10. The molecule has 124 valence electrons. The van der Waals surface area contributed by atoms with E-state index in [9.17, 15) is 4.79 Å². The Morgan fingerprint density at radius 1 is 1.35 bits per heavy atom. The third-order valence-electron chi connectivity index (χ3n) is 3.16. The predicted molar refractivity (Wildman–Crippen MR) is 82.6 cm³/mol. The highest BCUT2D eigenvalue weighted by molar-refractivity contribution is 5.81. The molecule has 0 aliphatic carbocycles. The van der Waals surface area contributed by atoms with Crippen LogP contribution >= 0.6 is 0 Å². The van der Waals surface area contributed by atoms with Crippen LogP contribution in [0.4, 0.5) is 0 Å². The van der Waals surface area contributed by atoms with Gasteiger partial charge in [-0.3, -0.25) is 4.79 Å². The molecule has 2 rings (SSSR count). The maximum absolute atomic E-state index is 12.3. The first-order valence-electron chi connectivity index (χ1n) is 7.52. The molecule has 23 heavy (non-hydrogen) atoms. The number of aliphatic hydroxyl groups excluding tert-OH is 1. The minimum atomic E-state index is -0.573. The van der Waals surface area contributed by atoms with Crippen molar-refractivity contribution in [2.75, 3.05) is 6.54 Å². The van der Waals surface area contributed by atoms with Crippen molar-refractivity contribution in [1.29, 1.82) is 0 Å². The van der Waals surface area contributed by atoms with Crippen LogP contribution in [0.5, 0.6) is 5.75 Å². The first-order chi connectivity index (χ1) is 11.1. The van der Waals surface area contributed by atoms with Gasteiger partial charge in [0.15, 0.2) is 11.9 Å². The van der Waals surface area contributed by atoms with Crippen LogP contribution in [0.3, 0.4) is 0 Å². The Balaban J connectivity index is 1.85. The third-order valence-corrected chi connectivity index (χ3v) is 3.16. The maximum atomic E-state index is 12.3. The summed E-state index contributed by atoms with van der Waals surface area (Å²) in [4.78, 5) is 16.3. The van der Waals surface area contributed by atoms with Gasteiger partial charge in [-0.25, -0.2) is 0 Å². The Labute approximate surface area is 134 Å². The number of amides is 1. The fourth-order valence-corrected chi connectivity index (χ4v) is 1.99. The molecule has 0 saturated heterocycles. The summed E-state index contributed by atoms with van der Waals surface area (Å²) < 4.78 is 10.6. The van der Waals surface area contributed by atoms with E-state index in [4.69, 9.17) is 14.4 Å². The summed E-state index contributed by atoms with van der Waals surface area (Å²) in [5, 5.41) is 15.4. The fourth-order valence-electron chi connectivity index (χ4n) is 1.99. The number of aromatic nitrogens is 2. The largest absolute Gasteiger partial charge is 0.480 e. The van der Waals surface area contributed by atoms with Gasteiger partial charge in [-0.2, -0.15) is 4.98 Å². The topological polar surface area (TPSA) is 97.5 Å². The number of hydrogen-bond acceptors (Lipinski definition) is 6. The zero-order valence-electron chi connectivity index (χ0n) is 13.2. The second-order valence-corrected chi connectivity index (χ2v) is 5.40. The van der Waals surface area contributed by atoms with Crippen molar-refractivity contribution >= 4 is 5.91 Å². The molecule has 7 nitrogen and oxygen atoms in total. The molecule has 0 saturated carbocycles. The molecule has 1 atom stereocenters. The molecule has 0 aliphatic heterocycles. The molecule has 1 aromatic heterocycles. The standard InChI is InChI=1S/C16H21N3O4/c1-11(2)15(22-12-6-4-3-5-7-12)16(21)17-9-8-13-18-14(10-20)23-19-13/h3-7,11,15,20H,8-10H2,1-2H3,(H,17,21).